The van der Waals surface area contributed by atoms with Gasteiger partial charge in [-0.2, -0.15) is 0 Å². The molecule has 2 aliphatic rings. The fourth-order valence-electron chi connectivity index (χ4n) is 4.12. The van der Waals surface area contributed by atoms with Crippen molar-refractivity contribution >= 4 is 6.21 Å². The van der Waals surface area contributed by atoms with Gasteiger partial charge in [0.2, 0.25) is 0 Å². The Hall–Kier alpha value is -1.18. The van der Waals surface area contributed by atoms with Gasteiger partial charge in [0.15, 0.2) is 0 Å². The molecule has 2 heteroatoms. The molecule has 2 aliphatic carbocycles. The highest BCUT2D eigenvalue weighted by Crippen LogP contribution is 2.43. The van der Waals surface area contributed by atoms with Crippen LogP contribution >= 0.6 is 0 Å². The highest BCUT2D eigenvalue weighted by atomic mass is 19.1. The maximum Gasteiger partial charge on any atom is 0.123 e. The smallest absolute Gasteiger partial charge is 0.123 e. The third-order valence-corrected chi connectivity index (χ3v) is 4.98. The van der Waals surface area contributed by atoms with Crippen molar-refractivity contribution in [2.75, 3.05) is 6.54 Å². The van der Waals surface area contributed by atoms with E-state index in [0.29, 0.717) is 0 Å². The predicted molar refractivity (Wildman–Crippen MR) is 81.7 cm³/mol. The fraction of sp³-hybridized carbons (Fsp3) is 0.611. The molecule has 1 aromatic rings. The largest absolute Gasteiger partial charge is 0.293 e. The SMILES string of the molecule is Fc1cccc(C=NCCC2CC3CCCC(C3)C2)c1. The Morgan fingerprint density at radius 3 is 2.70 bits per heavy atom. The molecule has 0 saturated heterocycles. The number of halogens is 1. The first-order valence-electron chi connectivity index (χ1n) is 8.05. The molecule has 2 bridgehead atoms. The zero-order valence-electron chi connectivity index (χ0n) is 12.1. The van der Waals surface area contributed by atoms with E-state index in [9.17, 15) is 4.39 Å². The Morgan fingerprint density at radius 1 is 1.15 bits per heavy atom. The van der Waals surface area contributed by atoms with Gasteiger partial charge in [-0.05, 0) is 61.1 Å². The third-order valence-electron chi connectivity index (χ3n) is 4.98. The maximum atomic E-state index is 13.0. The van der Waals surface area contributed by atoms with Crippen LogP contribution in [0.4, 0.5) is 4.39 Å². The van der Waals surface area contributed by atoms with Crippen molar-refractivity contribution in [2.45, 2.75) is 44.9 Å². The van der Waals surface area contributed by atoms with Crippen molar-refractivity contribution in [3.05, 3.63) is 35.6 Å². The van der Waals surface area contributed by atoms with E-state index >= 15 is 0 Å². The van der Waals surface area contributed by atoms with E-state index in [-0.39, 0.29) is 5.82 Å². The van der Waals surface area contributed by atoms with Gasteiger partial charge < -0.3 is 0 Å². The maximum absolute atomic E-state index is 13.0. The van der Waals surface area contributed by atoms with Crippen LogP contribution in [0.3, 0.4) is 0 Å². The van der Waals surface area contributed by atoms with E-state index in [1.54, 1.807) is 6.07 Å². The van der Waals surface area contributed by atoms with Crippen LogP contribution < -0.4 is 0 Å². The molecule has 0 aliphatic heterocycles. The van der Waals surface area contributed by atoms with Gasteiger partial charge in [0.25, 0.3) is 0 Å². The van der Waals surface area contributed by atoms with Gasteiger partial charge in [0.1, 0.15) is 5.82 Å². The molecule has 0 radical (unpaired) electrons. The quantitative estimate of drug-likeness (QED) is 0.695. The second-order valence-corrected chi connectivity index (χ2v) is 6.62. The molecule has 0 N–H and O–H groups in total. The van der Waals surface area contributed by atoms with Crippen LogP contribution in [0.5, 0.6) is 0 Å². The Labute approximate surface area is 121 Å². The minimum atomic E-state index is -0.186. The number of rotatable bonds is 4. The zero-order valence-corrected chi connectivity index (χ0v) is 12.1. The van der Waals surface area contributed by atoms with E-state index in [1.807, 2.05) is 12.3 Å². The fourth-order valence-corrected chi connectivity index (χ4v) is 4.12. The van der Waals surface area contributed by atoms with Crippen LogP contribution in [0.25, 0.3) is 0 Å². The molecule has 0 aromatic heterocycles. The lowest BCUT2D eigenvalue weighted by atomic mass is 9.67. The van der Waals surface area contributed by atoms with Crippen molar-refractivity contribution in [3.8, 4) is 0 Å². The third kappa shape index (κ3) is 3.68. The summed E-state index contributed by atoms with van der Waals surface area (Å²) in [6.45, 7) is 0.890. The van der Waals surface area contributed by atoms with Gasteiger partial charge in [0.05, 0.1) is 0 Å². The number of aliphatic imine (C=N–C) groups is 1. The lowest BCUT2D eigenvalue weighted by Crippen LogP contribution is -2.27. The molecule has 0 heterocycles. The molecule has 0 spiro atoms. The average molecular weight is 273 g/mol. The number of benzene rings is 1. The standard InChI is InChI=1S/C18H24FN/c19-18-6-2-5-17(12-18)13-20-8-7-16-10-14-3-1-4-15(9-14)11-16/h2,5-6,12-16H,1,3-4,7-11H2. The van der Waals surface area contributed by atoms with Gasteiger partial charge in [-0.1, -0.05) is 31.4 Å². The van der Waals surface area contributed by atoms with Crippen LogP contribution in [0.15, 0.2) is 29.3 Å². The van der Waals surface area contributed by atoms with E-state index in [0.717, 1.165) is 29.9 Å². The summed E-state index contributed by atoms with van der Waals surface area (Å²) in [5.41, 5.74) is 0.866. The van der Waals surface area contributed by atoms with Gasteiger partial charge in [-0.25, -0.2) is 4.39 Å². The van der Waals surface area contributed by atoms with Gasteiger partial charge in [-0.3, -0.25) is 4.99 Å². The molecule has 0 amide bonds. The summed E-state index contributed by atoms with van der Waals surface area (Å²) < 4.78 is 13.0. The summed E-state index contributed by atoms with van der Waals surface area (Å²) >= 11 is 0. The summed E-state index contributed by atoms with van der Waals surface area (Å²) in [4.78, 5) is 4.48. The Balaban J connectivity index is 1.45. The second-order valence-electron chi connectivity index (χ2n) is 6.62. The van der Waals surface area contributed by atoms with Crippen LogP contribution in [-0.2, 0) is 0 Å². The van der Waals surface area contributed by atoms with Crippen LogP contribution in [0, 0.1) is 23.6 Å². The van der Waals surface area contributed by atoms with Gasteiger partial charge in [0, 0.05) is 12.8 Å². The molecule has 108 valence electrons. The van der Waals surface area contributed by atoms with Crippen LogP contribution in [0.2, 0.25) is 0 Å². The number of fused-ring (bicyclic) bond motifs is 2. The minimum Gasteiger partial charge on any atom is -0.293 e. The van der Waals surface area contributed by atoms with E-state index in [1.165, 1.54) is 57.1 Å². The zero-order chi connectivity index (χ0) is 13.8. The number of hydrogen-bond donors (Lipinski definition) is 0. The van der Waals surface area contributed by atoms with Crippen molar-refractivity contribution in [2.24, 2.45) is 22.7 Å². The number of nitrogens with zero attached hydrogens (tertiary/aromatic N) is 1. The first-order chi connectivity index (χ1) is 9.79. The molecule has 2 unspecified atom stereocenters. The first kappa shape index (κ1) is 13.8. The van der Waals surface area contributed by atoms with E-state index in [2.05, 4.69) is 4.99 Å². The molecule has 2 saturated carbocycles. The molecule has 1 aromatic carbocycles. The lowest BCUT2D eigenvalue weighted by Gasteiger charge is -2.39. The molecule has 3 rings (SSSR count). The Bertz CT molecular complexity index is 456. The minimum absolute atomic E-state index is 0.186. The van der Waals surface area contributed by atoms with Gasteiger partial charge >= 0.3 is 0 Å². The van der Waals surface area contributed by atoms with Crippen LogP contribution in [0.1, 0.15) is 50.5 Å². The van der Waals surface area contributed by atoms with Crippen LogP contribution in [-0.4, -0.2) is 12.8 Å². The lowest BCUT2D eigenvalue weighted by molar-refractivity contribution is 0.133. The summed E-state index contributed by atoms with van der Waals surface area (Å²) in [5, 5.41) is 0. The molecule has 20 heavy (non-hydrogen) atoms. The molecule has 1 nitrogen and oxygen atoms in total. The van der Waals surface area contributed by atoms with E-state index in [4.69, 9.17) is 0 Å². The molecular weight excluding hydrogens is 249 g/mol. The molecule has 2 atom stereocenters. The monoisotopic (exact) mass is 273 g/mol. The first-order valence-corrected chi connectivity index (χ1v) is 8.05. The Morgan fingerprint density at radius 2 is 1.95 bits per heavy atom. The van der Waals surface area contributed by atoms with E-state index < -0.39 is 0 Å². The summed E-state index contributed by atoms with van der Waals surface area (Å²) in [5.74, 6) is 2.69. The topological polar surface area (TPSA) is 12.4 Å². The van der Waals surface area contributed by atoms with Gasteiger partial charge in [-0.15, -0.1) is 0 Å². The van der Waals surface area contributed by atoms with Crippen molar-refractivity contribution < 1.29 is 4.39 Å². The van der Waals surface area contributed by atoms with Crippen molar-refractivity contribution in [1.82, 2.24) is 0 Å². The average Bonchev–Trinajstić information content (AvgIpc) is 2.43. The Kier molecular flexibility index (Phi) is 4.49. The molecule has 2 fully saturated rings. The highest BCUT2D eigenvalue weighted by molar-refractivity contribution is 5.79. The van der Waals surface area contributed by atoms with Crippen molar-refractivity contribution in [1.29, 1.82) is 0 Å². The summed E-state index contributed by atoms with van der Waals surface area (Å²) in [6, 6.07) is 6.64. The summed E-state index contributed by atoms with van der Waals surface area (Å²) in [7, 11) is 0. The number of hydrogen-bond acceptors (Lipinski definition) is 1. The summed E-state index contributed by atoms with van der Waals surface area (Å²) in [6.07, 6.45) is 11.7. The van der Waals surface area contributed by atoms with Crippen molar-refractivity contribution in [3.63, 3.8) is 0 Å². The second kappa shape index (κ2) is 6.51. The highest BCUT2D eigenvalue weighted by Gasteiger charge is 2.31. The predicted octanol–water partition coefficient (Wildman–Crippen LogP) is 4.85. The normalized spacial score (nSPS) is 29.8. The molecular formula is C18H24FN.